The van der Waals surface area contributed by atoms with Gasteiger partial charge in [-0.2, -0.15) is 0 Å². The number of benzene rings is 1. The van der Waals surface area contributed by atoms with Crippen LogP contribution in [0.2, 0.25) is 0 Å². The highest BCUT2D eigenvalue weighted by molar-refractivity contribution is 5.95. The van der Waals surface area contributed by atoms with Crippen molar-refractivity contribution in [2.24, 2.45) is 21.7 Å². The molecule has 0 spiro atoms. The third-order valence-corrected chi connectivity index (χ3v) is 12.5. The molecule has 3 aliphatic heterocycles. The van der Waals surface area contributed by atoms with Crippen LogP contribution >= 0.6 is 0 Å². The van der Waals surface area contributed by atoms with Gasteiger partial charge in [0.1, 0.15) is 17.9 Å². The van der Waals surface area contributed by atoms with E-state index in [1.165, 1.54) is 6.07 Å². The smallest absolute Gasteiger partial charge is 0.351 e. The zero-order chi connectivity index (χ0) is 31.8. The van der Waals surface area contributed by atoms with Gasteiger partial charge in [-0.15, -0.1) is 0 Å². The Morgan fingerprint density at radius 2 is 1.34 bits per heavy atom. The number of esters is 4. The molecule has 4 heterocycles. The second kappa shape index (κ2) is 8.43. The molecular weight excluding hydrogens is 572 g/mol. The molecule has 4 fully saturated rings. The molecule has 2 aliphatic carbocycles. The molecule has 2 aromatic rings. The summed E-state index contributed by atoms with van der Waals surface area (Å²) < 4.78 is 35.5. The molecular formula is C33H36O11. The van der Waals surface area contributed by atoms with Crippen LogP contribution in [0.5, 0.6) is 5.75 Å². The monoisotopic (exact) mass is 608 g/mol. The Kier molecular flexibility index (Phi) is 5.53. The predicted molar refractivity (Wildman–Crippen MR) is 151 cm³/mol. The minimum atomic E-state index is -1.57. The Labute approximate surface area is 253 Å². The summed E-state index contributed by atoms with van der Waals surface area (Å²) in [5, 5.41) is 0.579. The van der Waals surface area contributed by atoms with E-state index in [1.54, 1.807) is 32.9 Å². The van der Waals surface area contributed by atoms with Crippen molar-refractivity contribution in [3.05, 3.63) is 39.7 Å². The fourth-order valence-electron chi connectivity index (χ4n) is 8.31. The number of carbonyl (C=O) groups is 4. The molecule has 234 valence electrons. The van der Waals surface area contributed by atoms with E-state index in [0.717, 1.165) is 0 Å². The van der Waals surface area contributed by atoms with Gasteiger partial charge in [-0.1, -0.05) is 27.7 Å². The number of ether oxygens (including phenoxy) is 5. The van der Waals surface area contributed by atoms with Crippen molar-refractivity contribution in [3.8, 4) is 5.75 Å². The molecule has 44 heavy (non-hydrogen) atoms. The van der Waals surface area contributed by atoms with E-state index < -0.39 is 74.6 Å². The molecule has 7 rings (SSSR count). The number of hydrogen-bond acceptors (Lipinski definition) is 11. The molecule has 1 aromatic heterocycles. The number of hydrogen-bond donors (Lipinski definition) is 0. The summed E-state index contributed by atoms with van der Waals surface area (Å²) in [6.07, 6.45) is -1.08. The van der Waals surface area contributed by atoms with Crippen molar-refractivity contribution in [3.63, 3.8) is 0 Å². The largest absolute Gasteiger partial charge is 0.489 e. The molecule has 2 saturated carbocycles. The third kappa shape index (κ3) is 3.10. The summed E-state index contributed by atoms with van der Waals surface area (Å²) in [5.41, 5.74) is -6.27. The maximum absolute atomic E-state index is 14.2. The average Bonchev–Trinajstić information content (AvgIpc) is 3.41. The normalized spacial score (nSPS) is 37.2. The van der Waals surface area contributed by atoms with E-state index in [4.69, 9.17) is 28.1 Å². The molecule has 0 radical (unpaired) electrons. The number of rotatable bonds is 4. The summed E-state index contributed by atoms with van der Waals surface area (Å²) in [7, 11) is 0. The summed E-state index contributed by atoms with van der Waals surface area (Å²) in [4.78, 5) is 66.7. The van der Waals surface area contributed by atoms with Gasteiger partial charge in [-0.05, 0) is 64.2 Å². The lowest BCUT2D eigenvalue weighted by Gasteiger charge is -2.40. The van der Waals surface area contributed by atoms with E-state index in [2.05, 4.69) is 0 Å². The predicted octanol–water partition coefficient (Wildman–Crippen LogP) is 4.23. The van der Waals surface area contributed by atoms with E-state index in [-0.39, 0.29) is 36.3 Å². The lowest BCUT2D eigenvalue weighted by Crippen LogP contribution is -2.53. The summed E-state index contributed by atoms with van der Waals surface area (Å²) >= 11 is 0. The van der Waals surface area contributed by atoms with Gasteiger partial charge in [-0.25, -0.2) is 14.4 Å². The van der Waals surface area contributed by atoms with Crippen LogP contribution in [0.4, 0.5) is 0 Å². The Hall–Kier alpha value is -3.89. The quantitative estimate of drug-likeness (QED) is 0.279. The fourth-order valence-corrected chi connectivity index (χ4v) is 8.31. The number of aryl methyl sites for hydroxylation is 1. The summed E-state index contributed by atoms with van der Waals surface area (Å²) in [6.45, 7) is 12.4. The standard InChI is InChI=1S/C33H36O11/c1-16-14-20(34)41-22-17(16)8-9-18-21(22)23(42-27(38)33-13-11-31(7,25(36)44-33)29(33,4)5)19(15-39-18)40-26(37)32-12-10-30(6,24(35)43-32)28(32,2)3/h8-9,14,19,23H,10-13,15H2,1-7H3/t19-,23-,30?,31?,32?,33?/m0/s1. The minimum absolute atomic E-state index is 0.127. The Morgan fingerprint density at radius 1 is 0.795 bits per heavy atom. The van der Waals surface area contributed by atoms with Gasteiger partial charge in [0.05, 0.1) is 16.4 Å². The van der Waals surface area contributed by atoms with Crippen LogP contribution in [-0.2, 0) is 38.1 Å². The number of carbonyl (C=O) groups excluding carboxylic acids is 4. The molecule has 5 aliphatic rings. The van der Waals surface area contributed by atoms with Crippen LogP contribution < -0.4 is 10.4 Å². The van der Waals surface area contributed by atoms with Gasteiger partial charge in [0.15, 0.2) is 12.2 Å². The molecule has 2 saturated heterocycles. The summed E-state index contributed by atoms with van der Waals surface area (Å²) in [5.74, 6) is -2.21. The van der Waals surface area contributed by atoms with Crippen molar-refractivity contribution < 1.29 is 47.3 Å². The Bertz CT molecular complexity index is 1750. The fraction of sp³-hybridized carbons (Fsp3) is 0.606. The van der Waals surface area contributed by atoms with Gasteiger partial charge in [0.2, 0.25) is 11.2 Å². The third-order valence-electron chi connectivity index (χ3n) is 12.5. The first-order valence-electron chi connectivity index (χ1n) is 15.1. The Balaban J connectivity index is 1.32. The van der Waals surface area contributed by atoms with Gasteiger partial charge in [0, 0.05) is 22.3 Å². The molecule has 6 atom stereocenters. The molecule has 0 N–H and O–H groups in total. The molecule has 11 nitrogen and oxygen atoms in total. The zero-order valence-electron chi connectivity index (χ0n) is 25.9. The first-order chi connectivity index (χ1) is 20.5. The first kappa shape index (κ1) is 28.9. The van der Waals surface area contributed by atoms with Crippen molar-refractivity contribution in [2.75, 3.05) is 6.61 Å². The minimum Gasteiger partial charge on any atom is -0.489 e. The highest BCUT2D eigenvalue weighted by Gasteiger charge is 2.78. The lowest BCUT2D eigenvalue weighted by molar-refractivity contribution is -0.205. The second-order valence-corrected chi connectivity index (χ2v) is 14.5. The number of fused-ring (bicyclic) bond motifs is 7. The molecule has 4 bridgehead atoms. The van der Waals surface area contributed by atoms with Gasteiger partial charge in [-0.3, -0.25) is 9.59 Å². The van der Waals surface area contributed by atoms with Crippen molar-refractivity contribution >= 4 is 34.8 Å². The summed E-state index contributed by atoms with van der Waals surface area (Å²) in [6, 6.07) is 4.76. The van der Waals surface area contributed by atoms with Crippen molar-refractivity contribution in [1.82, 2.24) is 0 Å². The molecule has 4 unspecified atom stereocenters. The highest BCUT2D eigenvalue weighted by Crippen LogP contribution is 2.67. The van der Waals surface area contributed by atoms with E-state index >= 15 is 0 Å². The average molecular weight is 609 g/mol. The van der Waals surface area contributed by atoms with E-state index in [9.17, 15) is 24.0 Å². The van der Waals surface area contributed by atoms with E-state index in [1.807, 2.05) is 27.7 Å². The Morgan fingerprint density at radius 3 is 1.84 bits per heavy atom. The molecule has 11 heteroatoms. The second-order valence-electron chi connectivity index (χ2n) is 14.5. The SMILES string of the molecule is Cc1cc(=O)oc2c3c(ccc12)OC[C@H](OC(=O)C12CCC(C)(C(=O)O1)C2(C)C)[C@@H]3OC(=O)C12CCC(C)(C(=O)O1)C2(C)C. The van der Waals surface area contributed by atoms with Crippen LogP contribution in [0, 0.1) is 28.6 Å². The zero-order valence-corrected chi connectivity index (χ0v) is 25.9. The van der Waals surface area contributed by atoms with Gasteiger partial charge in [0.25, 0.3) is 0 Å². The van der Waals surface area contributed by atoms with Gasteiger partial charge >= 0.3 is 29.5 Å². The molecule has 1 aromatic carbocycles. The van der Waals surface area contributed by atoms with Crippen molar-refractivity contribution in [1.29, 1.82) is 0 Å². The van der Waals surface area contributed by atoms with Crippen LogP contribution in [0.3, 0.4) is 0 Å². The maximum Gasteiger partial charge on any atom is 0.351 e. The van der Waals surface area contributed by atoms with Crippen LogP contribution in [-0.4, -0.2) is 47.8 Å². The van der Waals surface area contributed by atoms with Gasteiger partial charge < -0.3 is 28.1 Å². The van der Waals surface area contributed by atoms with Crippen LogP contribution in [0.25, 0.3) is 11.0 Å². The highest BCUT2D eigenvalue weighted by atomic mass is 16.7. The lowest BCUT2D eigenvalue weighted by atomic mass is 9.66. The van der Waals surface area contributed by atoms with Crippen molar-refractivity contribution in [2.45, 2.75) is 97.6 Å². The first-order valence-corrected chi connectivity index (χ1v) is 15.1. The van der Waals surface area contributed by atoms with Crippen LogP contribution in [0.15, 0.2) is 27.4 Å². The maximum atomic E-state index is 14.2. The molecule has 0 amide bonds. The van der Waals surface area contributed by atoms with Crippen LogP contribution in [0.1, 0.15) is 84.5 Å². The van der Waals surface area contributed by atoms with E-state index in [0.29, 0.717) is 23.8 Å². The topological polar surface area (TPSA) is 145 Å².